The third-order valence-corrected chi connectivity index (χ3v) is 6.58. The van der Waals surface area contributed by atoms with E-state index >= 15 is 0 Å². The number of thiophene rings is 1. The van der Waals surface area contributed by atoms with Crippen LogP contribution in [0.1, 0.15) is 10.4 Å². The number of Topliss-reactive ketones (excluding diaryl/α,β-unsaturated/α-hetero) is 1. The number of anilines is 1. The second-order valence-corrected chi connectivity index (χ2v) is 8.89. The zero-order valence-corrected chi connectivity index (χ0v) is 19.4. The van der Waals surface area contributed by atoms with Gasteiger partial charge in [0.15, 0.2) is 5.82 Å². The summed E-state index contributed by atoms with van der Waals surface area (Å²) in [6.07, 6.45) is -0.908. The lowest BCUT2D eigenvalue weighted by Crippen LogP contribution is -2.23. The van der Waals surface area contributed by atoms with Gasteiger partial charge >= 0.3 is 6.18 Å². The Kier molecular flexibility index (Phi) is 6.38. The Hall–Kier alpha value is -4.26. The molecule has 1 N–H and O–H groups in total. The van der Waals surface area contributed by atoms with Crippen molar-refractivity contribution in [3.63, 3.8) is 0 Å². The molecule has 0 atom stereocenters. The number of nitrogens with one attached hydrogen (secondary N) is 1. The normalized spacial score (nSPS) is 11.7. The predicted molar refractivity (Wildman–Crippen MR) is 127 cm³/mol. The molecular weight excluding hydrogens is 515 g/mol. The molecule has 0 amide bonds. The number of aromatic nitrogens is 5. The first-order valence-electron chi connectivity index (χ1n) is 10.8. The molecule has 2 aromatic carbocycles. The maximum atomic E-state index is 14.7. The molecule has 3 aromatic heterocycles. The summed E-state index contributed by atoms with van der Waals surface area (Å²) in [5, 5.41) is 11.1. The van der Waals surface area contributed by atoms with Gasteiger partial charge in [0.05, 0.1) is 23.8 Å². The van der Waals surface area contributed by atoms with Gasteiger partial charge in [0, 0.05) is 28.6 Å². The number of halogens is 5. The first kappa shape index (κ1) is 24.4. The SMILES string of the molecule is O=C(c1ccc(F)cc1-c1cccc2cc(-c3nc(NCCn4ccnn4)ncc3F)sc12)C(F)(F)F. The molecule has 5 rings (SSSR count). The van der Waals surface area contributed by atoms with Crippen molar-refractivity contribution in [2.45, 2.75) is 12.7 Å². The highest BCUT2D eigenvalue weighted by Crippen LogP contribution is 2.41. The average Bonchev–Trinajstić information content (AvgIpc) is 3.54. The van der Waals surface area contributed by atoms with Crippen LogP contribution in [0.4, 0.5) is 27.9 Å². The standard InChI is InChI=1S/C24H15F5N6OS/c25-14-4-5-16(22(36)24(27,28)29)17(11-14)15-3-1-2-13-10-19(37-21(13)15)20-18(26)12-31-23(33-20)30-6-8-35-9-7-32-34-35/h1-5,7,9-12H,6,8H2,(H,30,31,33). The van der Waals surface area contributed by atoms with Gasteiger partial charge in [0.2, 0.25) is 5.95 Å². The van der Waals surface area contributed by atoms with Gasteiger partial charge in [0.25, 0.3) is 5.78 Å². The van der Waals surface area contributed by atoms with Crippen molar-refractivity contribution in [2.75, 3.05) is 11.9 Å². The summed E-state index contributed by atoms with van der Waals surface area (Å²) in [7, 11) is 0. The van der Waals surface area contributed by atoms with Crippen molar-refractivity contribution in [1.82, 2.24) is 25.0 Å². The van der Waals surface area contributed by atoms with Crippen LogP contribution < -0.4 is 5.32 Å². The Bertz CT molecular complexity index is 1600. The van der Waals surface area contributed by atoms with Crippen molar-refractivity contribution >= 4 is 33.2 Å². The lowest BCUT2D eigenvalue weighted by Gasteiger charge is -2.12. The fraction of sp³-hybridized carbons (Fsp3) is 0.125. The van der Waals surface area contributed by atoms with E-state index in [1.165, 1.54) is 12.3 Å². The molecule has 7 nitrogen and oxygen atoms in total. The summed E-state index contributed by atoms with van der Waals surface area (Å²) in [5.74, 6) is -3.42. The number of ketones is 1. The second-order valence-electron chi connectivity index (χ2n) is 7.83. The summed E-state index contributed by atoms with van der Waals surface area (Å²) in [6.45, 7) is 0.857. The number of nitrogens with zero attached hydrogens (tertiary/aromatic N) is 5. The maximum absolute atomic E-state index is 14.7. The number of carbonyl (C=O) groups excluding carboxylic acids is 1. The Morgan fingerprint density at radius 2 is 1.92 bits per heavy atom. The van der Waals surface area contributed by atoms with Gasteiger partial charge in [-0.05, 0) is 35.2 Å². The summed E-state index contributed by atoms with van der Waals surface area (Å²) < 4.78 is 70.5. The minimum atomic E-state index is -5.14. The molecule has 0 bridgehead atoms. The molecule has 0 aliphatic heterocycles. The largest absolute Gasteiger partial charge is 0.454 e. The number of rotatable bonds is 7. The van der Waals surface area contributed by atoms with E-state index < -0.39 is 29.2 Å². The second kappa shape index (κ2) is 9.65. The van der Waals surface area contributed by atoms with Crippen LogP contribution in [-0.4, -0.2) is 43.5 Å². The Morgan fingerprint density at radius 1 is 1.08 bits per heavy atom. The summed E-state index contributed by atoms with van der Waals surface area (Å²) >= 11 is 1.05. The van der Waals surface area contributed by atoms with E-state index in [1.54, 1.807) is 29.1 Å². The van der Waals surface area contributed by atoms with E-state index in [-0.39, 0.29) is 22.8 Å². The topological polar surface area (TPSA) is 85.6 Å². The first-order valence-corrected chi connectivity index (χ1v) is 11.6. The van der Waals surface area contributed by atoms with E-state index in [0.29, 0.717) is 28.1 Å². The summed E-state index contributed by atoms with van der Waals surface area (Å²) in [4.78, 5) is 20.6. The minimum absolute atomic E-state index is 0.0174. The molecule has 188 valence electrons. The minimum Gasteiger partial charge on any atom is -0.352 e. The fourth-order valence-corrected chi connectivity index (χ4v) is 4.92. The van der Waals surface area contributed by atoms with Crippen LogP contribution in [0, 0.1) is 11.6 Å². The molecule has 0 unspecified atom stereocenters. The molecule has 37 heavy (non-hydrogen) atoms. The van der Waals surface area contributed by atoms with Crippen molar-refractivity contribution < 1.29 is 26.7 Å². The van der Waals surface area contributed by atoms with Crippen molar-refractivity contribution in [2.24, 2.45) is 0 Å². The van der Waals surface area contributed by atoms with Crippen LogP contribution in [-0.2, 0) is 6.54 Å². The van der Waals surface area contributed by atoms with E-state index in [4.69, 9.17) is 0 Å². The average molecular weight is 530 g/mol. The highest BCUT2D eigenvalue weighted by Gasteiger charge is 2.40. The van der Waals surface area contributed by atoms with E-state index in [0.717, 1.165) is 35.7 Å². The van der Waals surface area contributed by atoms with Crippen molar-refractivity contribution in [3.8, 4) is 21.7 Å². The van der Waals surface area contributed by atoms with Gasteiger partial charge in [-0.25, -0.2) is 18.7 Å². The fourth-order valence-electron chi connectivity index (χ4n) is 3.74. The van der Waals surface area contributed by atoms with Crippen LogP contribution in [0.5, 0.6) is 0 Å². The van der Waals surface area contributed by atoms with Crippen molar-refractivity contribution in [3.05, 3.63) is 78.3 Å². The number of alkyl halides is 3. The van der Waals surface area contributed by atoms with Gasteiger partial charge in [-0.2, -0.15) is 13.2 Å². The maximum Gasteiger partial charge on any atom is 0.454 e. The molecule has 3 heterocycles. The third-order valence-electron chi connectivity index (χ3n) is 5.39. The van der Waals surface area contributed by atoms with Gasteiger partial charge in [-0.3, -0.25) is 9.48 Å². The van der Waals surface area contributed by atoms with Gasteiger partial charge < -0.3 is 5.32 Å². The highest BCUT2D eigenvalue weighted by atomic mass is 32.1. The molecule has 0 aliphatic carbocycles. The van der Waals surface area contributed by atoms with Gasteiger partial charge in [-0.1, -0.05) is 23.4 Å². The lowest BCUT2D eigenvalue weighted by molar-refractivity contribution is -0.0884. The number of carbonyl (C=O) groups is 1. The third kappa shape index (κ3) is 5.03. The van der Waals surface area contributed by atoms with E-state index in [1.807, 2.05) is 0 Å². The number of benzene rings is 2. The first-order chi connectivity index (χ1) is 17.7. The Morgan fingerprint density at radius 3 is 2.68 bits per heavy atom. The molecular formula is C24H15F5N6OS. The predicted octanol–water partition coefficient (Wildman–Crippen LogP) is 5.75. The zero-order chi connectivity index (χ0) is 26.2. The Labute approximate surface area is 209 Å². The molecule has 0 saturated carbocycles. The van der Waals surface area contributed by atoms with Crippen molar-refractivity contribution in [1.29, 1.82) is 0 Å². The van der Waals surface area contributed by atoms with Crippen LogP contribution in [0.2, 0.25) is 0 Å². The molecule has 0 spiro atoms. The molecule has 0 saturated heterocycles. The highest BCUT2D eigenvalue weighted by molar-refractivity contribution is 7.22. The molecule has 0 fully saturated rings. The monoisotopic (exact) mass is 530 g/mol. The molecule has 0 aliphatic rings. The van der Waals surface area contributed by atoms with Crippen LogP contribution in [0.15, 0.2) is 61.1 Å². The number of hydrogen-bond donors (Lipinski definition) is 1. The summed E-state index contributed by atoms with van der Waals surface area (Å²) in [6, 6.07) is 8.85. The molecule has 13 heteroatoms. The Balaban J connectivity index is 1.53. The lowest BCUT2D eigenvalue weighted by atomic mass is 9.95. The number of fused-ring (bicyclic) bond motifs is 1. The van der Waals surface area contributed by atoms with Gasteiger partial charge in [0.1, 0.15) is 11.5 Å². The smallest absolute Gasteiger partial charge is 0.352 e. The van der Waals surface area contributed by atoms with Crippen LogP contribution >= 0.6 is 11.3 Å². The molecule has 0 radical (unpaired) electrons. The zero-order valence-electron chi connectivity index (χ0n) is 18.6. The summed E-state index contributed by atoms with van der Waals surface area (Å²) in [5.41, 5.74) is -0.693. The van der Waals surface area contributed by atoms with Crippen LogP contribution in [0.3, 0.4) is 0 Å². The molecule has 5 aromatic rings. The van der Waals surface area contributed by atoms with E-state index in [9.17, 15) is 26.7 Å². The van der Waals surface area contributed by atoms with E-state index in [2.05, 4.69) is 25.6 Å². The van der Waals surface area contributed by atoms with Crippen LogP contribution in [0.25, 0.3) is 31.8 Å². The quantitative estimate of drug-likeness (QED) is 0.213. The number of hydrogen-bond acceptors (Lipinski definition) is 7. The van der Waals surface area contributed by atoms with Gasteiger partial charge in [-0.15, -0.1) is 16.4 Å².